The predicted octanol–water partition coefficient (Wildman–Crippen LogP) is 1.95. The van der Waals surface area contributed by atoms with Crippen molar-refractivity contribution >= 4 is 17.5 Å². The van der Waals surface area contributed by atoms with Crippen LogP contribution in [-0.2, 0) is 20.9 Å². The van der Waals surface area contributed by atoms with E-state index in [2.05, 4.69) is 0 Å². The molecule has 0 spiro atoms. The second-order valence-electron chi connectivity index (χ2n) is 6.00. The van der Waals surface area contributed by atoms with E-state index < -0.39 is 0 Å². The molecule has 0 saturated carbocycles. The van der Waals surface area contributed by atoms with Gasteiger partial charge in [-0.25, -0.2) is 0 Å². The van der Waals surface area contributed by atoms with Crippen LogP contribution in [0.4, 0.5) is 5.69 Å². The van der Waals surface area contributed by atoms with Crippen LogP contribution in [0.2, 0.25) is 0 Å². The molecule has 0 bridgehead atoms. The van der Waals surface area contributed by atoms with Crippen LogP contribution >= 0.6 is 0 Å². The number of benzene rings is 1. The number of likely N-dealkylation sites (N-methyl/N-ethyl adjacent to an activating group) is 1. The first kappa shape index (κ1) is 15.0. The molecule has 0 radical (unpaired) electrons. The SMILES string of the molecule is CN1C(=O)CN(C(=O)CC[C@H]2CCCO2)Cc2ccccc21. The van der Waals surface area contributed by atoms with E-state index in [1.54, 1.807) is 16.8 Å². The Morgan fingerprint density at radius 3 is 2.91 bits per heavy atom. The molecule has 2 heterocycles. The first-order chi connectivity index (χ1) is 10.6. The fourth-order valence-corrected chi connectivity index (χ4v) is 3.13. The van der Waals surface area contributed by atoms with Gasteiger partial charge in [0.25, 0.3) is 0 Å². The van der Waals surface area contributed by atoms with Crippen molar-refractivity contribution in [2.24, 2.45) is 0 Å². The summed E-state index contributed by atoms with van der Waals surface area (Å²) in [6, 6.07) is 7.76. The lowest BCUT2D eigenvalue weighted by Gasteiger charge is -2.20. The Bertz CT molecular complexity index is 567. The van der Waals surface area contributed by atoms with E-state index in [1.165, 1.54) is 0 Å². The lowest BCUT2D eigenvalue weighted by atomic mass is 10.1. The third-order valence-electron chi connectivity index (χ3n) is 4.47. The van der Waals surface area contributed by atoms with Gasteiger partial charge in [-0.15, -0.1) is 0 Å². The molecule has 0 N–H and O–H groups in total. The van der Waals surface area contributed by atoms with Crippen molar-refractivity contribution in [3.63, 3.8) is 0 Å². The number of ether oxygens (including phenoxy) is 1. The summed E-state index contributed by atoms with van der Waals surface area (Å²) in [5, 5.41) is 0. The van der Waals surface area contributed by atoms with Crippen LogP contribution in [0.15, 0.2) is 24.3 Å². The molecule has 2 amide bonds. The van der Waals surface area contributed by atoms with Gasteiger partial charge < -0.3 is 14.5 Å². The predicted molar refractivity (Wildman–Crippen MR) is 83.5 cm³/mol. The molecule has 3 rings (SSSR count). The van der Waals surface area contributed by atoms with Crippen molar-refractivity contribution in [3.05, 3.63) is 29.8 Å². The Balaban J connectivity index is 1.68. The molecule has 2 aliphatic rings. The zero-order valence-electron chi connectivity index (χ0n) is 13.0. The molecule has 1 aromatic carbocycles. The number of para-hydroxylation sites is 1. The molecule has 118 valence electrons. The Morgan fingerprint density at radius 1 is 1.32 bits per heavy atom. The fraction of sp³-hybridized carbons (Fsp3) is 0.529. The summed E-state index contributed by atoms with van der Waals surface area (Å²) in [5.74, 6) is -0.00984. The molecule has 2 aliphatic heterocycles. The highest BCUT2D eigenvalue weighted by molar-refractivity contribution is 5.97. The molecule has 1 atom stereocenters. The van der Waals surface area contributed by atoms with Crippen molar-refractivity contribution < 1.29 is 14.3 Å². The average molecular weight is 302 g/mol. The average Bonchev–Trinajstić information content (AvgIpc) is 3.01. The lowest BCUT2D eigenvalue weighted by Crippen LogP contribution is -2.38. The molecule has 0 unspecified atom stereocenters. The topological polar surface area (TPSA) is 49.9 Å². The van der Waals surface area contributed by atoms with Crippen molar-refractivity contribution in [1.29, 1.82) is 0 Å². The summed E-state index contributed by atoms with van der Waals surface area (Å²) in [6.45, 7) is 1.45. The number of carbonyl (C=O) groups is 2. The van der Waals surface area contributed by atoms with Crippen LogP contribution in [0.5, 0.6) is 0 Å². The number of nitrogens with zero attached hydrogens (tertiary/aromatic N) is 2. The number of amides is 2. The first-order valence-electron chi connectivity index (χ1n) is 7.89. The number of anilines is 1. The van der Waals surface area contributed by atoms with Crippen LogP contribution in [0.1, 0.15) is 31.2 Å². The summed E-state index contributed by atoms with van der Waals surface area (Å²) in [4.78, 5) is 28.0. The molecule has 5 heteroatoms. The van der Waals surface area contributed by atoms with Crippen LogP contribution < -0.4 is 4.90 Å². The number of hydrogen-bond acceptors (Lipinski definition) is 3. The minimum atomic E-state index is -0.0459. The fourth-order valence-electron chi connectivity index (χ4n) is 3.13. The standard InChI is InChI=1S/C17H22N2O3/c1-18-15-7-3-2-5-13(15)11-19(12-17(18)21)16(20)9-8-14-6-4-10-22-14/h2-3,5,7,14H,4,6,8-12H2,1H3/t14-/m1/s1. The zero-order chi connectivity index (χ0) is 15.5. The van der Waals surface area contributed by atoms with Gasteiger partial charge >= 0.3 is 0 Å². The molecule has 1 saturated heterocycles. The second-order valence-corrected chi connectivity index (χ2v) is 6.00. The van der Waals surface area contributed by atoms with Crippen LogP contribution in [0, 0.1) is 0 Å². The molecule has 0 aromatic heterocycles. The Morgan fingerprint density at radius 2 is 2.14 bits per heavy atom. The molecule has 5 nitrogen and oxygen atoms in total. The first-order valence-corrected chi connectivity index (χ1v) is 7.89. The number of hydrogen-bond donors (Lipinski definition) is 0. The van der Waals surface area contributed by atoms with Gasteiger partial charge in [0.05, 0.1) is 6.10 Å². The Labute approximate surface area is 130 Å². The maximum Gasteiger partial charge on any atom is 0.246 e. The van der Waals surface area contributed by atoms with E-state index in [-0.39, 0.29) is 24.5 Å². The molecule has 22 heavy (non-hydrogen) atoms. The van der Waals surface area contributed by atoms with E-state index in [9.17, 15) is 9.59 Å². The summed E-state index contributed by atoms with van der Waals surface area (Å²) in [7, 11) is 1.77. The van der Waals surface area contributed by atoms with Gasteiger partial charge in [-0.2, -0.15) is 0 Å². The van der Waals surface area contributed by atoms with Crippen LogP contribution in [-0.4, -0.2) is 43.0 Å². The van der Waals surface area contributed by atoms with Gasteiger partial charge in [0.2, 0.25) is 11.8 Å². The maximum atomic E-state index is 12.5. The highest BCUT2D eigenvalue weighted by Gasteiger charge is 2.27. The summed E-state index contributed by atoms with van der Waals surface area (Å²) in [5.41, 5.74) is 1.91. The number of carbonyl (C=O) groups excluding carboxylic acids is 2. The highest BCUT2D eigenvalue weighted by Crippen LogP contribution is 2.25. The van der Waals surface area contributed by atoms with E-state index in [0.29, 0.717) is 13.0 Å². The number of fused-ring (bicyclic) bond motifs is 1. The summed E-state index contributed by atoms with van der Waals surface area (Å²) in [6.07, 6.45) is 3.53. The maximum absolute atomic E-state index is 12.5. The van der Waals surface area contributed by atoms with Gasteiger partial charge in [0, 0.05) is 32.3 Å². The third kappa shape index (κ3) is 3.14. The Kier molecular flexibility index (Phi) is 4.43. The smallest absolute Gasteiger partial charge is 0.246 e. The second kappa shape index (κ2) is 6.48. The van der Waals surface area contributed by atoms with Gasteiger partial charge in [0.1, 0.15) is 6.54 Å². The quantitative estimate of drug-likeness (QED) is 0.857. The monoisotopic (exact) mass is 302 g/mol. The van der Waals surface area contributed by atoms with Gasteiger partial charge in [-0.3, -0.25) is 9.59 Å². The van der Waals surface area contributed by atoms with Gasteiger partial charge in [-0.1, -0.05) is 18.2 Å². The lowest BCUT2D eigenvalue weighted by molar-refractivity contribution is -0.136. The number of rotatable bonds is 3. The summed E-state index contributed by atoms with van der Waals surface area (Å²) < 4.78 is 5.56. The minimum absolute atomic E-state index is 0.0361. The van der Waals surface area contributed by atoms with Crippen LogP contribution in [0.25, 0.3) is 0 Å². The summed E-state index contributed by atoms with van der Waals surface area (Å²) >= 11 is 0. The molecular formula is C17H22N2O3. The van der Waals surface area contributed by atoms with Gasteiger partial charge in [-0.05, 0) is 30.9 Å². The van der Waals surface area contributed by atoms with E-state index >= 15 is 0 Å². The van der Waals surface area contributed by atoms with Crippen LogP contribution in [0.3, 0.4) is 0 Å². The molecule has 1 aromatic rings. The normalized spacial score (nSPS) is 21.7. The largest absolute Gasteiger partial charge is 0.378 e. The van der Waals surface area contributed by atoms with Crippen molar-refractivity contribution in [2.75, 3.05) is 25.1 Å². The van der Waals surface area contributed by atoms with Crippen molar-refractivity contribution in [2.45, 2.75) is 38.3 Å². The molecule has 1 fully saturated rings. The third-order valence-corrected chi connectivity index (χ3v) is 4.47. The van der Waals surface area contributed by atoms with E-state index in [0.717, 1.165) is 37.1 Å². The zero-order valence-corrected chi connectivity index (χ0v) is 13.0. The minimum Gasteiger partial charge on any atom is -0.378 e. The van der Waals surface area contributed by atoms with E-state index in [4.69, 9.17) is 4.74 Å². The van der Waals surface area contributed by atoms with Crippen molar-refractivity contribution in [3.8, 4) is 0 Å². The Hall–Kier alpha value is -1.88. The molecular weight excluding hydrogens is 280 g/mol. The van der Waals surface area contributed by atoms with Crippen molar-refractivity contribution in [1.82, 2.24) is 4.90 Å². The van der Waals surface area contributed by atoms with Gasteiger partial charge in [0.15, 0.2) is 0 Å². The highest BCUT2D eigenvalue weighted by atomic mass is 16.5. The van der Waals surface area contributed by atoms with E-state index in [1.807, 2.05) is 24.3 Å². The molecule has 0 aliphatic carbocycles.